The van der Waals surface area contributed by atoms with Crippen molar-refractivity contribution < 1.29 is 41.7 Å². The van der Waals surface area contributed by atoms with Crippen molar-refractivity contribution in [1.29, 1.82) is 0 Å². The Bertz CT molecular complexity index is 1510. The van der Waals surface area contributed by atoms with E-state index in [0.29, 0.717) is 62.8 Å². The van der Waals surface area contributed by atoms with Crippen molar-refractivity contribution in [3.8, 4) is 11.5 Å². The highest BCUT2D eigenvalue weighted by Gasteiger charge is 2.57. The van der Waals surface area contributed by atoms with E-state index in [4.69, 9.17) is 4.74 Å². The third-order valence-electron chi connectivity index (χ3n) is 11.9. The van der Waals surface area contributed by atoms with Gasteiger partial charge in [0.05, 0.1) is 13.0 Å². The molecule has 3 heterocycles. The van der Waals surface area contributed by atoms with E-state index in [2.05, 4.69) is 16.6 Å². The van der Waals surface area contributed by atoms with Crippen molar-refractivity contribution in [1.82, 2.24) is 9.80 Å². The summed E-state index contributed by atoms with van der Waals surface area (Å²) < 4.78 is 67.2. The number of anilines is 1. The Labute approximate surface area is 291 Å². The van der Waals surface area contributed by atoms with Crippen LogP contribution < -0.4 is 14.4 Å². The number of nitrogens with zero attached hydrogens (tertiary/aromatic N) is 3. The number of piperidine rings is 1. The summed E-state index contributed by atoms with van der Waals surface area (Å²) in [5.74, 6) is -1.97. The molecule has 3 aliphatic heterocycles. The Kier molecular flexibility index (Phi) is 10.6. The summed E-state index contributed by atoms with van der Waals surface area (Å²) in [6.07, 6.45) is 0.642. The topological polar surface area (TPSA) is 82.6 Å². The standard InChI is InChI=1S/C38H49F4N3O5/c1-4-25-20-44(21-32(25)31-14-13-30(50-38(40,41)42)19-34(31)43-17-15-27(16-18-43)35(46)47)36(48)37(39)23-45(28-9-5-24(2)6-10-28)22-33(37)26-7-11-29(49-3)12-8-26/h7-8,11-14,19,24-25,27-28,32-33H,4-6,9-10,15-18,20-23H2,1-3H3,(H,46,47)/t24-,25-,28-,32-,33-,37-/m0/s1. The van der Waals surface area contributed by atoms with E-state index in [1.165, 1.54) is 12.1 Å². The molecule has 0 unspecified atom stereocenters. The number of ether oxygens (including phenoxy) is 2. The molecule has 0 aromatic heterocycles. The Balaban J connectivity index is 1.29. The second-order valence-electron chi connectivity index (χ2n) is 14.9. The van der Waals surface area contributed by atoms with Gasteiger partial charge < -0.3 is 24.4 Å². The van der Waals surface area contributed by atoms with Gasteiger partial charge in [-0.2, -0.15) is 0 Å². The number of likely N-dealkylation sites (tertiary alicyclic amines) is 2. The molecule has 0 spiro atoms. The van der Waals surface area contributed by atoms with Crippen LogP contribution in [-0.4, -0.2) is 91.2 Å². The van der Waals surface area contributed by atoms with Gasteiger partial charge in [0.25, 0.3) is 5.91 Å². The second-order valence-corrected chi connectivity index (χ2v) is 14.9. The lowest BCUT2D eigenvalue weighted by atomic mass is 9.85. The molecule has 8 nitrogen and oxygen atoms in total. The van der Waals surface area contributed by atoms with Crippen molar-refractivity contribution in [3.63, 3.8) is 0 Å². The first-order chi connectivity index (χ1) is 23.8. The van der Waals surface area contributed by atoms with Gasteiger partial charge in [-0.1, -0.05) is 38.5 Å². The minimum atomic E-state index is -4.88. The molecule has 1 aliphatic carbocycles. The summed E-state index contributed by atoms with van der Waals surface area (Å²) in [5.41, 5.74) is -0.0996. The van der Waals surface area contributed by atoms with E-state index in [-0.39, 0.29) is 36.7 Å². The zero-order valence-corrected chi connectivity index (χ0v) is 29.1. The molecule has 2 aromatic rings. The van der Waals surface area contributed by atoms with Crippen LogP contribution >= 0.6 is 0 Å². The summed E-state index contributed by atoms with van der Waals surface area (Å²) in [6, 6.07) is 11.8. The quantitative estimate of drug-likeness (QED) is 0.276. The van der Waals surface area contributed by atoms with Gasteiger partial charge in [0, 0.05) is 68.9 Å². The van der Waals surface area contributed by atoms with Gasteiger partial charge in [-0.05, 0) is 79.7 Å². The predicted octanol–water partition coefficient (Wildman–Crippen LogP) is 7.23. The van der Waals surface area contributed by atoms with Crippen LogP contribution in [0.2, 0.25) is 0 Å². The highest BCUT2D eigenvalue weighted by molar-refractivity contribution is 5.88. The van der Waals surface area contributed by atoms with Gasteiger partial charge in [0.15, 0.2) is 0 Å². The molecule has 12 heteroatoms. The van der Waals surface area contributed by atoms with E-state index in [0.717, 1.165) is 36.8 Å². The lowest BCUT2D eigenvalue weighted by Crippen LogP contribution is -2.50. The maximum absolute atomic E-state index is 17.8. The first kappa shape index (κ1) is 36.3. The van der Waals surface area contributed by atoms with Crippen LogP contribution in [0.4, 0.5) is 23.2 Å². The van der Waals surface area contributed by atoms with Gasteiger partial charge in [0.1, 0.15) is 11.5 Å². The van der Waals surface area contributed by atoms with Crippen LogP contribution in [0.1, 0.15) is 81.8 Å². The average Bonchev–Trinajstić information content (AvgIpc) is 3.69. The fraction of sp³-hybridized carbons (Fsp3) is 0.632. The summed E-state index contributed by atoms with van der Waals surface area (Å²) in [4.78, 5) is 32.0. The molecule has 50 heavy (non-hydrogen) atoms. The lowest BCUT2D eigenvalue weighted by Gasteiger charge is -2.35. The van der Waals surface area contributed by atoms with E-state index in [9.17, 15) is 27.9 Å². The van der Waals surface area contributed by atoms with Crippen LogP contribution in [0.15, 0.2) is 42.5 Å². The number of carbonyl (C=O) groups excluding carboxylic acids is 1. The van der Waals surface area contributed by atoms with Crippen molar-refractivity contribution in [2.24, 2.45) is 17.8 Å². The Hall–Kier alpha value is -3.54. The van der Waals surface area contributed by atoms with Crippen molar-refractivity contribution in [3.05, 3.63) is 53.6 Å². The molecule has 4 atom stereocenters. The normalized spacial score (nSPS) is 29.7. The minimum Gasteiger partial charge on any atom is -0.497 e. The number of carboxylic acids is 1. The minimum absolute atomic E-state index is 0.0206. The fourth-order valence-electron chi connectivity index (χ4n) is 8.90. The Morgan fingerprint density at radius 3 is 2.20 bits per heavy atom. The molecule has 3 saturated heterocycles. The number of carboxylic acid groups (broad SMARTS) is 1. The number of halogens is 4. The fourth-order valence-corrected chi connectivity index (χ4v) is 8.90. The van der Waals surface area contributed by atoms with Crippen LogP contribution in [0, 0.1) is 17.8 Å². The number of rotatable bonds is 9. The number of methoxy groups -OCH3 is 1. The monoisotopic (exact) mass is 703 g/mol. The van der Waals surface area contributed by atoms with Gasteiger partial charge in [-0.3, -0.25) is 14.5 Å². The first-order valence-electron chi connectivity index (χ1n) is 18.0. The summed E-state index contributed by atoms with van der Waals surface area (Å²) >= 11 is 0. The van der Waals surface area contributed by atoms with Crippen LogP contribution in [0.25, 0.3) is 0 Å². The van der Waals surface area contributed by atoms with Gasteiger partial charge in [-0.25, -0.2) is 4.39 Å². The maximum Gasteiger partial charge on any atom is 0.573 e. The van der Waals surface area contributed by atoms with E-state index in [1.807, 2.05) is 24.0 Å². The Morgan fingerprint density at radius 2 is 1.60 bits per heavy atom. The van der Waals surface area contributed by atoms with Gasteiger partial charge >= 0.3 is 12.3 Å². The molecule has 0 radical (unpaired) electrons. The van der Waals surface area contributed by atoms with E-state index in [1.54, 1.807) is 30.2 Å². The van der Waals surface area contributed by atoms with Crippen molar-refractivity contribution >= 4 is 17.6 Å². The van der Waals surface area contributed by atoms with E-state index < -0.39 is 35.7 Å². The highest BCUT2D eigenvalue weighted by Crippen LogP contribution is 2.47. The third kappa shape index (κ3) is 7.55. The molecule has 4 fully saturated rings. The average molecular weight is 704 g/mol. The molecular weight excluding hydrogens is 654 g/mol. The number of hydrogen-bond acceptors (Lipinski definition) is 6. The second kappa shape index (κ2) is 14.6. The summed E-state index contributed by atoms with van der Waals surface area (Å²) in [5, 5.41) is 9.53. The smallest absolute Gasteiger partial charge is 0.497 e. The molecule has 2 aromatic carbocycles. The third-order valence-corrected chi connectivity index (χ3v) is 11.9. The van der Waals surface area contributed by atoms with Crippen LogP contribution in [-0.2, 0) is 9.59 Å². The van der Waals surface area contributed by atoms with Crippen molar-refractivity contribution in [2.75, 3.05) is 51.3 Å². The molecule has 1 N–H and O–H groups in total. The summed E-state index contributed by atoms with van der Waals surface area (Å²) in [7, 11) is 1.58. The van der Waals surface area contributed by atoms with Gasteiger partial charge in [0.2, 0.25) is 5.67 Å². The molecular formula is C38H49F4N3O5. The lowest BCUT2D eigenvalue weighted by molar-refractivity contribution is -0.274. The number of benzene rings is 2. The Morgan fingerprint density at radius 1 is 0.940 bits per heavy atom. The SMILES string of the molecule is CC[C@H]1CN(C(=O)[C@]2(F)CN([C@H]3CC[C@H](C)CC3)C[C@H]2c2ccc(OC)cc2)C[C@@H]1c1ccc(OC(F)(F)F)cc1N1CCC(C(=O)O)CC1. The van der Waals surface area contributed by atoms with Crippen molar-refractivity contribution in [2.45, 2.75) is 88.7 Å². The van der Waals surface area contributed by atoms with Crippen LogP contribution in [0.3, 0.4) is 0 Å². The number of hydrogen-bond donors (Lipinski definition) is 1. The zero-order valence-electron chi connectivity index (χ0n) is 29.1. The predicted molar refractivity (Wildman–Crippen MR) is 181 cm³/mol. The maximum atomic E-state index is 17.8. The number of alkyl halides is 4. The molecule has 4 aliphatic rings. The molecule has 1 amide bonds. The number of aliphatic carboxylic acids is 1. The number of carbonyl (C=O) groups is 2. The molecule has 274 valence electrons. The zero-order chi connectivity index (χ0) is 35.8. The molecule has 0 bridgehead atoms. The molecule has 6 rings (SSSR count). The van der Waals surface area contributed by atoms with Gasteiger partial charge in [-0.15, -0.1) is 13.2 Å². The largest absolute Gasteiger partial charge is 0.573 e. The highest BCUT2D eigenvalue weighted by atomic mass is 19.4. The number of amides is 1. The first-order valence-corrected chi connectivity index (χ1v) is 18.0. The molecule has 1 saturated carbocycles. The van der Waals surface area contributed by atoms with Crippen LogP contribution in [0.5, 0.6) is 11.5 Å². The van der Waals surface area contributed by atoms with E-state index >= 15 is 4.39 Å². The summed E-state index contributed by atoms with van der Waals surface area (Å²) in [6.45, 7) is 6.01.